The van der Waals surface area contributed by atoms with Gasteiger partial charge in [0.1, 0.15) is 0 Å². The highest BCUT2D eigenvalue weighted by molar-refractivity contribution is 6.08. The summed E-state index contributed by atoms with van der Waals surface area (Å²) in [7, 11) is 1.45. The van der Waals surface area contributed by atoms with E-state index < -0.39 is 10.3 Å². The van der Waals surface area contributed by atoms with Gasteiger partial charge in [0.05, 0.1) is 10.3 Å². The smallest absolute Gasteiger partial charge is 0.269 e. The van der Waals surface area contributed by atoms with E-state index in [2.05, 4.69) is 0 Å². The molecule has 1 atom stereocenters. The second-order valence-corrected chi connectivity index (χ2v) is 4.57. The number of rotatable bonds is 2. The molecule has 0 N–H and O–H groups in total. The minimum atomic E-state index is -0.916. The molecular weight excluding hydrogens is 236 g/mol. The summed E-state index contributed by atoms with van der Waals surface area (Å²) in [5.74, 6) is -0.512. The van der Waals surface area contributed by atoms with Crippen molar-refractivity contribution in [1.82, 2.24) is 4.90 Å². The first-order chi connectivity index (χ1) is 8.36. The first-order valence-electron chi connectivity index (χ1n) is 5.42. The number of benzene rings is 1. The van der Waals surface area contributed by atoms with E-state index >= 15 is 0 Å². The summed E-state index contributed by atoms with van der Waals surface area (Å²) < 4.78 is 0. The van der Waals surface area contributed by atoms with Crippen molar-refractivity contribution in [3.63, 3.8) is 0 Å². The zero-order chi connectivity index (χ0) is 13.5. The minimum Gasteiger partial charge on any atom is -0.285 e. The number of imide groups is 1. The fourth-order valence-corrected chi connectivity index (χ4v) is 2.16. The van der Waals surface area contributed by atoms with Crippen molar-refractivity contribution in [2.45, 2.75) is 18.8 Å². The second-order valence-electron chi connectivity index (χ2n) is 4.57. The number of carbonyl (C=O) groups excluding carboxylic acids is 2. The van der Waals surface area contributed by atoms with Gasteiger partial charge in [0, 0.05) is 25.6 Å². The molecule has 0 bridgehead atoms. The Hall–Kier alpha value is -2.24. The molecule has 2 amide bonds. The lowest BCUT2D eigenvalue weighted by atomic mass is 9.81. The molecule has 1 saturated heterocycles. The van der Waals surface area contributed by atoms with Crippen LogP contribution in [-0.2, 0) is 15.0 Å². The van der Waals surface area contributed by atoms with Crippen molar-refractivity contribution in [2.75, 3.05) is 7.05 Å². The Kier molecular flexibility index (Phi) is 2.65. The van der Waals surface area contributed by atoms with Gasteiger partial charge < -0.3 is 0 Å². The maximum atomic E-state index is 12.0. The number of carbonyl (C=O) groups is 2. The number of hydrogen-bond acceptors (Lipinski definition) is 4. The van der Waals surface area contributed by atoms with Crippen molar-refractivity contribution in [3.8, 4) is 0 Å². The van der Waals surface area contributed by atoms with Gasteiger partial charge in [-0.05, 0) is 12.5 Å². The first-order valence-corrected chi connectivity index (χ1v) is 5.42. The highest BCUT2D eigenvalue weighted by Gasteiger charge is 2.47. The number of amides is 2. The molecule has 6 nitrogen and oxygen atoms in total. The number of nitro groups is 1. The molecular formula is C12H12N2O4. The van der Waals surface area contributed by atoms with Crippen molar-refractivity contribution in [3.05, 3.63) is 39.9 Å². The highest BCUT2D eigenvalue weighted by Crippen LogP contribution is 2.36. The van der Waals surface area contributed by atoms with Crippen molar-refractivity contribution < 1.29 is 14.5 Å². The molecule has 0 spiro atoms. The van der Waals surface area contributed by atoms with Gasteiger partial charge in [0.2, 0.25) is 11.8 Å². The van der Waals surface area contributed by atoms with E-state index in [1.165, 1.54) is 31.3 Å². The summed E-state index contributed by atoms with van der Waals surface area (Å²) in [6.07, 6.45) is 0.0974. The molecule has 1 fully saturated rings. The van der Waals surface area contributed by atoms with Gasteiger partial charge >= 0.3 is 0 Å². The predicted molar refractivity (Wildman–Crippen MR) is 62.8 cm³/mol. The highest BCUT2D eigenvalue weighted by atomic mass is 16.6. The summed E-state index contributed by atoms with van der Waals surface area (Å²) in [6.45, 7) is 1.68. The third-order valence-electron chi connectivity index (χ3n) is 3.37. The van der Waals surface area contributed by atoms with E-state index in [0.717, 1.165) is 4.90 Å². The number of hydrogen-bond donors (Lipinski definition) is 0. The molecule has 1 aromatic carbocycles. The van der Waals surface area contributed by atoms with E-state index in [9.17, 15) is 19.7 Å². The summed E-state index contributed by atoms with van der Waals surface area (Å²) >= 11 is 0. The van der Waals surface area contributed by atoms with Crippen LogP contribution in [-0.4, -0.2) is 28.7 Å². The Morgan fingerprint density at radius 1 is 1.28 bits per heavy atom. The molecule has 1 aliphatic rings. The Labute approximate surface area is 103 Å². The zero-order valence-corrected chi connectivity index (χ0v) is 10.0. The summed E-state index contributed by atoms with van der Waals surface area (Å²) in [6, 6.07) is 5.75. The maximum absolute atomic E-state index is 12.0. The Balaban J connectivity index is 2.40. The molecule has 0 radical (unpaired) electrons. The van der Waals surface area contributed by atoms with Crippen LogP contribution in [0.2, 0.25) is 0 Å². The molecule has 2 rings (SSSR count). The second kappa shape index (κ2) is 3.90. The molecule has 0 aliphatic carbocycles. The molecule has 94 valence electrons. The standard InChI is InChI=1S/C12H12N2O4/c1-12(7-10(15)13(2)11(12)16)8-3-5-9(6-4-8)14(17)18/h3-6H,7H2,1-2H3. The summed E-state index contributed by atoms with van der Waals surface area (Å²) in [4.78, 5) is 34.7. The third kappa shape index (κ3) is 1.66. The van der Waals surface area contributed by atoms with E-state index in [0.29, 0.717) is 5.56 Å². The Bertz CT molecular complexity index is 538. The minimum absolute atomic E-state index is 0.0347. The number of non-ortho nitro benzene ring substituents is 1. The molecule has 0 aromatic heterocycles. The van der Waals surface area contributed by atoms with E-state index in [4.69, 9.17) is 0 Å². The fourth-order valence-electron chi connectivity index (χ4n) is 2.16. The summed E-state index contributed by atoms with van der Waals surface area (Å²) in [5, 5.41) is 10.6. The van der Waals surface area contributed by atoms with Crippen LogP contribution >= 0.6 is 0 Å². The molecule has 0 saturated carbocycles. The van der Waals surface area contributed by atoms with Crippen LogP contribution in [0.15, 0.2) is 24.3 Å². The van der Waals surface area contributed by atoms with Crippen LogP contribution < -0.4 is 0 Å². The lowest BCUT2D eigenvalue weighted by molar-refractivity contribution is -0.384. The predicted octanol–water partition coefficient (Wildman–Crippen LogP) is 1.24. The van der Waals surface area contributed by atoms with Crippen LogP contribution in [0.3, 0.4) is 0 Å². The van der Waals surface area contributed by atoms with Crippen molar-refractivity contribution >= 4 is 17.5 Å². The normalized spacial score (nSPS) is 23.6. The van der Waals surface area contributed by atoms with Crippen LogP contribution in [0.25, 0.3) is 0 Å². The van der Waals surface area contributed by atoms with Gasteiger partial charge in [-0.15, -0.1) is 0 Å². The first kappa shape index (κ1) is 12.2. The maximum Gasteiger partial charge on any atom is 0.269 e. The van der Waals surface area contributed by atoms with Crippen molar-refractivity contribution in [2.24, 2.45) is 0 Å². The van der Waals surface area contributed by atoms with Gasteiger partial charge in [-0.1, -0.05) is 12.1 Å². The van der Waals surface area contributed by atoms with E-state index in [1.54, 1.807) is 6.92 Å². The fraction of sp³-hybridized carbons (Fsp3) is 0.333. The topological polar surface area (TPSA) is 80.5 Å². The third-order valence-corrected chi connectivity index (χ3v) is 3.37. The summed E-state index contributed by atoms with van der Waals surface area (Å²) in [5.41, 5.74) is -0.329. The lowest BCUT2D eigenvalue weighted by Gasteiger charge is -2.21. The monoisotopic (exact) mass is 248 g/mol. The Morgan fingerprint density at radius 2 is 1.83 bits per heavy atom. The van der Waals surface area contributed by atoms with Gasteiger partial charge in [-0.3, -0.25) is 24.6 Å². The van der Waals surface area contributed by atoms with E-state index in [1.807, 2.05) is 0 Å². The quantitative estimate of drug-likeness (QED) is 0.448. The molecule has 1 aliphatic heterocycles. The zero-order valence-electron chi connectivity index (χ0n) is 10.0. The van der Waals surface area contributed by atoms with Crippen LogP contribution in [0.1, 0.15) is 18.9 Å². The number of likely N-dealkylation sites (N-methyl/N-ethyl adjacent to an activating group) is 1. The average Bonchev–Trinajstić information content (AvgIpc) is 2.54. The number of nitro benzene ring substituents is 1. The SMILES string of the molecule is CN1C(=O)CC(C)(c2ccc([N+](=O)[O-])cc2)C1=O. The van der Waals surface area contributed by atoms with Crippen LogP contribution in [0.5, 0.6) is 0 Å². The van der Waals surface area contributed by atoms with Gasteiger partial charge in [-0.25, -0.2) is 0 Å². The van der Waals surface area contributed by atoms with Crippen LogP contribution in [0.4, 0.5) is 5.69 Å². The lowest BCUT2D eigenvalue weighted by Crippen LogP contribution is -2.34. The van der Waals surface area contributed by atoms with Gasteiger partial charge in [0.25, 0.3) is 5.69 Å². The molecule has 1 aromatic rings. The Morgan fingerprint density at radius 3 is 2.22 bits per heavy atom. The van der Waals surface area contributed by atoms with Crippen LogP contribution in [0, 0.1) is 10.1 Å². The molecule has 6 heteroatoms. The van der Waals surface area contributed by atoms with E-state index in [-0.39, 0.29) is 23.9 Å². The van der Waals surface area contributed by atoms with Gasteiger partial charge in [0.15, 0.2) is 0 Å². The van der Waals surface area contributed by atoms with Crippen molar-refractivity contribution in [1.29, 1.82) is 0 Å². The number of nitrogens with zero attached hydrogens (tertiary/aromatic N) is 2. The number of likely N-dealkylation sites (tertiary alicyclic amines) is 1. The largest absolute Gasteiger partial charge is 0.285 e. The molecule has 1 unspecified atom stereocenters. The molecule has 18 heavy (non-hydrogen) atoms. The van der Waals surface area contributed by atoms with Gasteiger partial charge in [-0.2, -0.15) is 0 Å². The average molecular weight is 248 g/mol. The molecule has 1 heterocycles.